The molecule has 0 aromatic carbocycles. The third kappa shape index (κ3) is 4.97. The SMILES string of the molecule is CCC(CC)CNCC(C)(C)C1CCOCC1. The zero-order valence-corrected chi connectivity index (χ0v) is 12.2. The van der Waals surface area contributed by atoms with Crippen molar-refractivity contribution in [2.24, 2.45) is 17.3 Å². The summed E-state index contributed by atoms with van der Waals surface area (Å²) in [7, 11) is 0. The van der Waals surface area contributed by atoms with Crippen LogP contribution in [0.15, 0.2) is 0 Å². The van der Waals surface area contributed by atoms with Gasteiger partial charge in [0.1, 0.15) is 0 Å². The molecular weight excluding hydrogens is 210 g/mol. The van der Waals surface area contributed by atoms with E-state index < -0.39 is 0 Å². The van der Waals surface area contributed by atoms with E-state index in [1.165, 1.54) is 32.2 Å². The molecule has 0 aliphatic carbocycles. The smallest absolute Gasteiger partial charge is 0.0468 e. The van der Waals surface area contributed by atoms with Gasteiger partial charge in [-0.3, -0.25) is 0 Å². The summed E-state index contributed by atoms with van der Waals surface area (Å²) in [6.45, 7) is 13.6. The summed E-state index contributed by atoms with van der Waals surface area (Å²) in [5.41, 5.74) is 0.413. The van der Waals surface area contributed by atoms with Crippen molar-refractivity contribution in [3.63, 3.8) is 0 Å². The van der Waals surface area contributed by atoms with Gasteiger partial charge >= 0.3 is 0 Å². The first kappa shape index (κ1) is 15.0. The number of rotatable bonds is 7. The molecule has 0 amide bonds. The van der Waals surface area contributed by atoms with Crippen LogP contribution in [0.5, 0.6) is 0 Å². The Bertz CT molecular complexity index is 193. The Morgan fingerprint density at radius 1 is 1.18 bits per heavy atom. The molecule has 102 valence electrons. The Morgan fingerprint density at radius 2 is 1.76 bits per heavy atom. The molecule has 0 aromatic rings. The monoisotopic (exact) mass is 241 g/mol. The number of hydrogen-bond donors (Lipinski definition) is 1. The number of nitrogens with one attached hydrogen (secondary N) is 1. The van der Waals surface area contributed by atoms with Gasteiger partial charge in [-0.25, -0.2) is 0 Å². The van der Waals surface area contributed by atoms with Gasteiger partial charge in [-0.15, -0.1) is 0 Å². The summed E-state index contributed by atoms with van der Waals surface area (Å²) in [5, 5.41) is 3.68. The molecular formula is C15H31NO. The van der Waals surface area contributed by atoms with Crippen LogP contribution in [-0.2, 0) is 4.74 Å². The number of ether oxygens (including phenoxy) is 1. The van der Waals surface area contributed by atoms with E-state index in [0.717, 1.165) is 31.6 Å². The fourth-order valence-electron chi connectivity index (χ4n) is 2.80. The third-order valence-corrected chi connectivity index (χ3v) is 4.49. The van der Waals surface area contributed by atoms with Gasteiger partial charge < -0.3 is 10.1 Å². The van der Waals surface area contributed by atoms with Crippen molar-refractivity contribution in [1.82, 2.24) is 5.32 Å². The van der Waals surface area contributed by atoms with E-state index in [-0.39, 0.29) is 0 Å². The maximum absolute atomic E-state index is 5.45. The molecule has 0 aromatic heterocycles. The van der Waals surface area contributed by atoms with Crippen LogP contribution in [0.2, 0.25) is 0 Å². The van der Waals surface area contributed by atoms with Gasteiger partial charge in [0.05, 0.1) is 0 Å². The van der Waals surface area contributed by atoms with Gasteiger partial charge in [0.2, 0.25) is 0 Å². The van der Waals surface area contributed by atoms with E-state index in [9.17, 15) is 0 Å². The minimum absolute atomic E-state index is 0.413. The van der Waals surface area contributed by atoms with E-state index in [1.807, 2.05) is 0 Å². The minimum Gasteiger partial charge on any atom is -0.381 e. The molecule has 1 saturated heterocycles. The summed E-state index contributed by atoms with van der Waals surface area (Å²) >= 11 is 0. The quantitative estimate of drug-likeness (QED) is 0.737. The highest BCUT2D eigenvalue weighted by Crippen LogP contribution is 2.33. The molecule has 0 spiro atoms. The second-order valence-corrected chi connectivity index (χ2v) is 6.19. The summed E-state index contributed by atoms with van der Waals surface area (Å²) in [6.07, 6.45) is 5.06. The largest absolute Gasteiger partial charge is 0.381 e. The molecule has 0 atom stereocenters. The van der Waals surface area contributed by atoms with Gasteiger partial charge in [-0.1, -0.05) is 40.5 Å². The van der Waals surface area contributed by atoms with Crippen molar-refractivity contribution in [2.45, 2.75) is 53.4 Å². The average Bonchev–Trinajstić information content (AvgIpc) is 2.36. The van der Waals surface area contributed by atoms with E-state index in [2.05, 4.69) is 33.0 Å². The predicted octanol–water partition coefficient (Wildman–Crippen LogP) is 3.47. The maximum Gasteiger partial charge on any atom is 0.0468 e. The second kappa shape index (κ2) is 7.38. The Balaban J connectivity index is 2.27. The molecule has 1 fully saturated rings. The first-order valence-electron chi connectivity index (χ1n) is 7.38. The highest BCUT2D eigenvalue weighted by molar-refractivity contribution is 4.82. The van der Waals surface area contributed by atoms with E-state index in [1.54, 1.807) is 0 Å². The highest BCUT2D eigenvalue weighted by Gasteiger charge is 2.30. The molecule has 1 N–H and O–H groups in total. The van der Waals surface area contributed by atoms with Crippen molar-refractivity contribution in [3.05, 3.63) is 0 Å². The molecule has 1 aliphatic rings. The lowest BCUT2D eigenvalue weighted by Gasteiger charge is -2.37. The van der Waals surface area contributed by atoms with Crippen molar-refractivity contribution in [1.29, 1.82) is 0 Å². The molecule has 17 heavy (non-hydrogen) atoms. The molecule has 0 saturated carbocycles. The second-order valence-electron chi connectivity index (χ2n) is 6.19. The fourth-order valence-corrected chi connectivity index (χ4v) is 2.80. The lowest BCUT2D eigenvalue weighted by molar-refractivity contribution is 0.0225. The topological polar surface area (TPSA) is 21.3 Å². The minimum atomic E-state index is 0.413. The van der Waals surface area contributed by atoms with Gasteiger partial charge in [-0.05, 0) is 36.6 Å². The van der Waals surface area contributed by atoms with Crippen molar-refractivity contribution in [2.75, 3.05) is 26.3 Å². The molecule has 0 unspecified atom stereocenters. The molecule has 1 rings (SSSR count). The van der Waals surface area contributed by atoms with Crippen LogP contribution in [0.1, 0.15) is 53.4 Å². The fraction of sp³-hybridized carbons (Fsp3) is 1.00. The first-order chi connectivity index (χ1) is 8.10. The molecule has 0 radical (unpaired) electrons. The van der Waals surface area contributed by atoms with Crippen LogP contribution in [0, 0.1) is 17.3 Å². The van der Waals surface area contributed by atoms with Crippen LogP contribution < -0.4 is 5.32 Å². The molecule has 1 heterocycles. The summed E-state index contributed by atoms with van der Waals surface area (Å²) < 4.78 is 5.45. The molecule has 1 aliphatic heterocycles. The number of hydrogen-bond acceptors (Lipinski definition) is 2. The maximum atomic E-state index is 5.45. The van der Waals surface area contributed by atoms with Crippen LogP contribution in [-0.4, -0.2) is 26.3 Å². The first-order valence-corrected chi connectivity index (χ1v) is 7.38. The van der Waals surface area contributed by atoms with Gasteiger partial charge in [-0.2, -0.15) is 0 Å². The summed E-state index contributed by atoms with van der Waals surface area (Å²) in [5.74, 6) is 1.67. The molecule has 2 heteroatoms. The lowest BCUT2D eigenvalue weighted by Crippen LogP contribution is -2.39. The van der Waals surface area contributed by atoms with Crippen LogP contribution in [0.25, 0.3) is 0 Å². The Labute approximate surface area is 108 Å². The van der Waals surface area contributed by atoms with E-state index in [0.29, 0.717) is 5.41 Å². The molecule has 0 bridgehead atoms. The van der Waals surface area contributed by atoms with Gasteiger partial charge in [0.25, 0.3) is 0 Å². The zero-order chi connectivity index (χ0) is 12.7. The summed E-state index contributed by atoms with van der Waals surface area (Å²) in [6, 6.07) is 0. The normalized spacial score (nSPS) is 18.9. The third-order valence-electron chi connectivity index (χ3n) is 4.49. The lowest BCUT2D eigenvalue weighted by atomic mass is 9.74. The summed E-state index contributed by atoms with van der Waals surface area (Å²) in [4.78, 5) is 0. The standard InChI is InChI=1S/C15H31NO/c1-5-13(6-2)11-16-12-15(3,4)14-7-9-17-10-8-14/h13-14,16H,5-12H2,1-4H3. The highest BCUT2D eigenvalue weighted by atomic mass is 16.5. The molecule has 2 nitrogen and oxygen atoms in total. The Hall–Kier alpha value is -0.0800. The predicted molar refractivity (Wildman–Crippen MR) is 74.3 cm³/mol. The van der Waals surface area contributed by atoms with Crippen LogP contribution in [0.3, 0.4) is 0 Å². The van der Waals surface area contributed by atoms with E-state index in [4.69, 9.17) is 4.74 Å². The Morgan fingerprint density at radius 3 is 2.29 bits per heavy atom. The van der Waals surface area contributed by atoms with Crippen LogP contribution >= 0.6 is 0 Å². The van der Waals surface area contributed by atoms with Gasteiger partial charge in [0.15, 0.2) is 0 Å². The zero-order valence-electron chi connectivity index (χ0n) is 12.2. The average molecular weight is 241 g/mol. The van der Waals surface area contributed by atoms with E-state index >= 15 is 0 Å². The van der Waals surface area contributed by atoms with Crippen LogP contribution in [0.4, 0.5) is 0 Å². The van der Waals surface area contributed by atoms with Crippen molar-refractivity contribution < 1.29 is 4.74 Å². The van der Waals surface area contributed by atoms with Gasteiger partial charge in [0, 0.05) is 19.8 Å². The Kier molecular flexibility index (Phi) is 6.50. The van der Waals surface area contributed by atoms with Crippen molar-refractivity contribution in [3.8, 4) is 0 Å². The van der Waals surface area contributed by atoms with Crippen molar-refractivity contribution >= 4 is 0 Å².